The normalized spacial score (nSPS) is 11.2. The molecule has 0 saturated carbocycles. The highest BCUT2D eigenvalue weighted by Gasteiger charge is 2.22. The Labute approximate surface area is 208 Å². The van der Waals surface area contributed by atoms with Crippen molar-refractivity contribution >= 4 is 5.91 Å². The molecule has 0 aliphatic heterocycles. The monoisotopic (exact) mass is 472 g/mol. The Bertz CT molecular complexity index is 437. The van der Waals surface area contributed by atoms with Gasteiger partial charge in [-0.1, -0.05) is 110 Å². The fourth-order valence-corrected chi connectivity index (χ4v) is 4.10. The van der Waals surface area contributed by atoms with E-state index in [1.807, 2.05) is 0 Å². The van der Waals surface area contributed by atoms with Gasteiger partial charge in [-0.25, -0.2) is 0 Å². The second-order valence-corrected chi connectivity index (χ2v) is 10.2. The van der Waals surface area contributed by atoms with E-state index in [4.69, 9.17) is 0 Å². The second-order valence-electron chi connectivity index (χ2n) is 10.2. The number of carbonyl (C=O) groups excluding carboxylic acids is 1. The number of unbranched alkanes of at least 4 members (excludes halogenated alkanes) is 16. The predicted molar refractivity (Wildman–Crippen MR) is 138 cm³/mol. The third kappa shape index (κ3) is 21.3. The highest BCUT2D eigenvalue weighted by Crippen LogP contribution is 2.16. The van der Waals surface area contributed by atoms with Crippen molar-refractivity contribution in [3.05, 3.63) is 12.3 Å². The van der Waals surface area contributed by atoms with Crippen molar-refractivity contribution in [1.82, 2.24) is 5.32 Å². The van der Waals surface area contributed by atoms with Crippen molar-refractivity contribution < 1.29 is 21.7 Å². The summed E-state index contributed by atoms with van der Waals surface area (Å²) in [7, 11) is 4.39. The van der Waals surface area contributed by atoms with Crippen LogP contribution in [0.4, 0.5) is 0 Å². The lowest BCUT2D eigenvalue weighted by Gasteiger charge is -2.31. The van der Waals surface area contributed by atoms with Crippen molar-refractivity contribution in [3.8, 4) is 0 Å². The van der Waals surface area contributed by atoms with E-state index in [1.54, 1.807) is 0 Å². The van der Waals surface area contributed by atoms with Crippen LogP contribution in [0.3, 0.4) is 0 Å². The molecule has 0 aromatic rings. The highest BCUT2D eigenvalue weighted by atomic mass is 35.5. The molecule has 0 spiro atoms. The van der Waals surface area contributed by atoms with Crippen molar-refractivity contribution in [3.63, 3.8) is 0 Å². The van der Waals surface area contributed by atoms with Crippen molar-refractivity contribution in [2.45, 2.75) is 136 Å². The highest BCUT2D eigenvalue weighted by molar-refractivity contribution is 5.77. The van der Waals surface area contributed by atoms with E-state index in [1.165, 1.54) is 109 Å². The minimum Gasteiger partial charge on any atom is -1.00 e. The summed E-state index contributed by atoms with van der Waals surface area (Å²) in [6.07, 6.45) is 24.5. The lowest BCUT2D eigenvalue weighted by Crippen LogP contribution is -3.00. The van der Waals surface area contributed by atoms with Gasteiger partial charge < -0.3 is 17.7 Å². The summed E-state index contributed by atoms with van der Waals surface area (Å²) in [6, 6.07) is 0. The second kappa shape index (κ2) is 23.6. The van der Waals surface area contributed by atoms with Crippen LogP contribution >= 0.6 is 0 Å². The zero-order chi connectivity index (χ0) is 23.2. The number of halogens is 1. The Kier molecular flexibility index (Phi) is 24.8. The molecule has 0 aromatic heterocycles. The van der Waals surface area contributed by atoms with Gasteiger partial charge in [0.15, 0.2) is 0 Å². The molecule has 0 heterocycles. The van der Waals surface area contributed by atoms with Crippen LogP contribution < -0.4 is 17.7 Å². The van der Waals surface area contributed by atoms with E-state index in [0.717, 1.165) is 29.7 Å². The number of quaternary nitrogens is 1. The van der Waals surface area contributed by atoms with Crippen molar-refractivity contribution in [2.24, 2.45) is 0 Å². The SMILES string of the molecule is C=C(CC(=O)NCCCCCCCCCCCC)[N+](C)(C)CCCCCCCCCC.[Cl-]. The van der Waals surface area contributed by atoms with Gasteiger partial charge in [-0.15, -0.1) is 0 Å². The summed E-state index contributed by atoms with van der Waals surface area (Å²) >= 11 is 0. The zero-order valence-electron chi connectivity index (χ0n) is 22.3. The van der Waals surface area contributed by atoms with E-state index in [9.17, 15) is 4.79 Å². The summed E-state index contributed by atoms with van der Waals surface area (Å²) in [5.41, 5.74) is 1.03. The Balaban J connectivity index is 0. The minimum atomic E-state index is 0. The molecule has 3 nitrogen and oxygen atoms in total. The molecule has 1 N–H and O–H groups in total. The first-order valence-electron chi connectivity index (χ1n) is 13.7. The first-order valence-corrected chi connectivity index (χ1v) is 13.7. The van der Waals surface area contributed by atoms with Gasteiger partial charge in [0.1, 0.15) is 12.1 Å². The predicted octanol–water partition coefficient (Wildman–Crippen LogP) is 5.15. The van der Waals surface area contributed by atoms with E-state index < -0.39 is 0 Å². The molecule has 0 bridgehead atoms. The molecule has 192 valence electrons. The molecular weight excluding hydrogens is 416 g/mol. The summed E-state index contributed by atoms with van der Waals surface area (Å²) < 4.78 is 0.765. The minimum absolute atomic E-state index is 0. The quantitative estimate of drug-likeness (QED) is 0.162. The summed E-state index contributed by atoms with van der Waals surface area (Å²) in [5, 5.41) is 3.10. The van der Waals surface area contributed by atoms with Crippen LogP contribution in [0.15, 0.2) is 12.3 Å². The van der Waals surface area contributed by atoms with Gasteiger partial charge in [0.2, 0.25) is 5.91 Å². The third-order valence-electron chi connectivity index (χ3n) is 6.64. The topological polar surface area (TPSA) is 29.1 Å². The number of hydrogen-bond donors (Lipinski definition) is 1. The first kappa shape index (κ1) is 33.6. The van der Waals surface area contributed by atoms with Gasteiger partial charge in [-0.2, -0.15) is 0 Å². The molecule has 0 aliphatic carbocycles. The summed E-state index contributed by atoms with van der Waals surface area (Å²) in [5.74, 6) is 0.142. The average molecular weight is 473 g/mol. The van der Waals surface area contributed by atoms with Crippen LogP contribution in [0.5, 0.6) is 0 Å². The number of carbonyl (C=O) groups is 1. The van der Waals surface area contributed by atoms with Crippen molar-refractivity contribution in [1.29, 1.82) is 0 Å². The maximum absolute atomic E-state index is 12.3. The standard InChI is InChI=1S/C28H56N2O.ClH/c1-6-8-10-12-14-16-17-18-20-22-24-29-28(31)26-27(3)30(4,5)25-23-21-19-15-13-11-9-7-2;/h3,6-26H2,1-2,4-5H3;1H. The van der Waals surface area contributed by atoms with Crippen LogP contribution in [0, 0.1) is 0 Å². The summed E-state index contributed by atoms with van der Waals surface area (Å²) in [4.78, 5) is 12.3. The smallest absolute Gasteiger partial charge is 0.229 e. The fraction of sp³-hybridized carbons (Fsp3) is 0.893. The average Bonchev–Trinajstić information content (AvgIpc) is 2.73. The van der Waals surface area contributed by atoms with Crippen LogP contribution in [-0.4, -0.2) is 37.6 Å². The van der Waals surface area contributed by atoms with Crippen LogP contribution in [0.25, 0.3) is 0 Å². The Morgan fingerprint density at radius 2 is 1.03 bits per heavy atom. The van der Waals surface area contributed by atoms with E-state index in [0.29, 0.717) is 6.42 Å². The fourth-order valence-electron chi connectivity index (χ4n) is 4.10. The van der Waals surface area contributed by atoms with Gasteiger partial charge >= 0.3 is 0 Å². The van der Waals surface area contributed by atoms with Gasteiger partial charge in [-0.05, 0) is 25.8 Å². The molecule has 0 saturated heterocycles. The first-order chi connectivity index (χ1) is 14.9. The zero-order valence-corrected chi connectivity index (χ0v) is 23.0. The number of amides is 1. The van der Waals surface area contributed by atoms with Gasteiger partial charge in [0, 0.05) is 6.54 Å². The molecule has 32 heavy (non-hydrogen) atoms. The van der Waals surface area contributed by atoms with E-state index in [2.05, 4.69) is 39.8 Å². The number of nitrogens with one attached hydrogen (secondary N) is 1. The molecule has 0 rings (SSSR count). The largest absolute Gasteiger partial charge is 1.00 e. The lowest BCUT2D eigenvalue weighted by molar-refractivity contribution is -0.853. The van der Waals surface area contributed by atoms with Gasteiger partial charge in [0.05, 0.1) is 20.6 Å². The maximum Gasteiger partial charge on any atom is 0.229 e. The molecule has 0 aromatic carbocycles. The molecular formula is C28H57ClN2O. The molecule has 1 amide bonds. The van der Waals surface area contributed by atoms with Crippen LogP contribution in [0.2, 0.25) is 0 Å². The molecule has 0 fully saturated rings. The van der Waals surface area contributed by atoms with Gasteiger partial charge in [0.25, 0.3) is 0 Å². The van der Waals surface area contributed by atoms with Crippen LogP contribution in [-0.2, 0) is 4.79 Å². The molecule has 0 radical (unpaired) electrons. The third-order valence-corrected chi connectivity index (χ3v) is 6.64. The molecule has 0 atom stereocenters. The summed E-state index contributed by atoms with van der Waals surface area (Å²) in [6.45, 7) is 10.7. The Morgan fingerprint density at radius 1 is 0.656 bits per heavy atom. The lowest BCUT2D eigenvalue weighted by atomic mass is 10.1. The van der Waals surface area contributed by atoms with Crippen LogP contribution in [0.1, 0.15) is 136 Å². The maximum atomic E-state index is 12.3. The Hall–Kier alpha value is -0.540. The molecule has 0 unspecified atom stereocenters. The number of rotatable bonds is 23. The molecule has 4 heteroatoms. The van der Waals surface area contributed by atoms with E-state index in [-0.39, 0.29) is 18.3 Å². The number of nitrogens with zero attached hydrogens (tertiary/aromatic N) is 1. The van der Waals surface area contributed by atoms with Crippen molar-refractivity contribution in [2.75, 3.05) is 27.2 Å². The van der Waals surface area contributed by atoms with Gasteiger partial charge in [-0.3, -0.25) is 9.28 Å². The Morgan fingerprint density at radius 3 is 1.47 bits per heavy atom. The van der Waals surface area contributed by atoms with E-state index >= 15 is 0 Å². The number of hydrogen-bond acceptors (Lipinski definition) is 1. The molecule has 0 aliphatic rings.